The van der Waals surface area contributed by atoms with Crippen molar-refractivity contribution in [1.29, 1.82) is 0 Å². The van der Waals surface area contributed by atoms with E-state index in [4.69, 9.17) is 14.7 Å². The Balaban J connectivity index is 1.60. The number of hydrogen-bond acceptors (Lipinski definition) is 8. The molecule has 192 valence electrons. The van der Waals surface area contributed by atoms with Crippen LogP contribution in [-0.2, 0) is 0 Å². The molecule has 2 fully saturated rings. The van der Waals surface area contributed by atoms with Crippen molar-refractivity contribution in [2.24, 2.45) is 11.8 Å². The average Bonchev–Trinajstić information content (AvgIpc) is 3.80. The van der Waals surface area contributed by atoms with Crippen molar-refractivity contribution in [1.82, 2.24) is 29.5 Å². The van der Waals surface area contributed by atoms with Gasteiger partial charge in [0.05, 0.1) is 19.0 Å². The third kappa shape index (κ3) is 4.92. The summed E-state index contributed by atoms with van der Waals surface area (Å²) >= 11 is 0. The summed E-state index contributed by atoms with van der Waals surface area (Å²) in [5.41, 5.74) is 2.68. The van der Waals surface area contributed by atoms with Crippen LogP contribution in [-0.4, -0.2) is 43.1 Å². The van der Waals surface area contributed by atoms with Crippen molar-refractivity contribution in [3.8, 4) is 17.3 Å². The Kier molecular flexibility index (Phi) is 7.16. The number of ether oxygens (including phenoxy) is 1. The summed E-state index contributed by atoms with van der Waals surface area (Å²) in [5, 5.41) is 3.39. The van der Waals surface area contributed by atoms with E-state index < -0.39 is 0 Å². The molecule has 1 N–H and O–H groups in total. The van der Waals surface area contributed by atoms with Crippen molar-refractivity contribution in [2.45, 2.75) is 84.1 Å². The summed E-state index contributed by atoms with van der Waals surface area (Å²) in [4.78, 5) is 36.9. The van der Waals surface area contributed by atoms with Crippen LogP contribution in [0.2, 0.25) is 0 Å². The topological polar surface area (TPSA) is 108 Å². The Morgan fingerprint density at radius 1 is 1.08 bits per heavy atom. The van der Waals surface area contributed by atoms with Gasteiger partial charge in [-0.1, -0.05) is 26.7 Å². The number of methoxy groups -OCH3 is 1. The monoisotopic (exact) mass is 491 g/mol. The van der Waals surface area contributed by atoms with Gasteiger partial charge in [0.1, 0.15) is 17.4 Å². The van der Waals surface area contributed by atoms with Crippen LogP contribution in [0.4, 0.5) is 5.82 Å². The van der Waals surface area contributed by atoms with Gasteiger partial charge in [-0.2, -0.15) is 0 Å². The van der Waals surface area contributed by atoms with Crippen LogP contribution in [0.25, 0.3) is 22.6 Å². The third-order valence-corrected chi connectivity index (χ3v) is 7.52. The molecule has 3 aromatic rings. The van der Waals surface area contributed by atoms with E-state index in [2.05, 4.69) is 41.0 Å². The van der Waals surface area contributed by atoms with Crippen LogP contribution in [0, 0.1) is 11.8 Å². The zero-order chi connectivity index (χ0) is 25.2. The highest BCUT2D eigenvalue weighted by Crippen LogP contribution is 2.45. The molecule has 9 heteroatoms. The second kappa shape index (κ2) is 10.5. The molecule has 2 saturated carbocycles. The molecule has 0 bridgehead atoms. The molecule has 0 aromatic carbocycles. The standard InChI is InChI=1S/C27H37N7O2/c1-5-7-17(8-6-2)13-28-24-27(35)34(16(3)18-9-10-18)25-20(32-24)14-29-23(33-25)21-22(19-11-12-19)30-15-31-26(21)36-4/h14-19H,5-13H2,1-4H3,(H,28,32). The fraction of sp³-hybridized carbons (Fsp3) is 0.630. The summed E-state index contributed by atoms with van der Waals surface area (Å²) in [7, 11) is 1.60. The second-order valence-electron chi connectivity index (χ2n) is 10.4. The van der Waals surface area contributed by atoms with Gasteiger partial charge in [-0.25, -0.2) is 24.9 Å². The highest BCUT2D eigenvalue weighted by Gasteiger charge is 2.34. The van der Waals surface area contributed by atoms with Crippen molar-refractivity contribution >= 4 is 17.0 Å². The van der Waals surface area contributed by atoms with Gasteiger partial charge < -0.3 is 10.1 Å². The fourth-order valence-corrected chi connectivity index (χ4v) is 5.22. The van der Waals surface area contributed by atoms with Crippen molar-refractivity contribution in [3.63, 3.8) is 0 Å². The number of nitrogens with one attached hydrogen (secondary N) is 1. The first-order valence-corrected chi connectivity index (χ1v) is 13.5. The number of rotatable bonds is 12. The van der Waals surface area contributed by atoms with Gasteiger partial charge in [0.2, 0.25) is 5.88 Å². The van der Waals surface area contributed by atoms with Crippen LogP contribution in [0.5, 0.6) is 5.88 Å². The molecular formula is C27H37N7O2. The lowest BCUT2D eigenvalue weighted by Gasteiger charge is -2.20. The van der Waals surface area contributed by atoms with Gasteiger partial charge in [-0.05, 0) is 57.3 Å². The zero-order valence-electron chi connectivity index (χ0n) is 21.8. The second-order valence-corrected chi connectivity index (χ2v) is 10.4. The Hall–Kier alpha value is -3.10. The first-order chi connectivity index (χ1) is 17.5. The number of anilines is 1. The van der Waals surface area contributed by atoms with E-state index in [-0.39, 0.29) is 11.6 Å². The smallest absolute Gasteiger partial charge is 0.295 e. The molecule has 0 aliphatic heterocycles. The van der Waals surface area contributed by atoms with Crippen LogP contribution < -0.4 is 15.6 Å². The van der Waals surface area contributed by atoms with Crippen LogP contribution >= 0.6 is 0 Å². The van der Waals surface area contributed by atoms with E-state index in [1.54, 1.807) is 13.3 Å². The summed E-state index contributed by atoms with van der Waals surface area (Å²) in [6, 6.07) is 0.0326. The number of fused-ring (bicyclic) bond motifs is 1. The molecule has 0 saturated heterocycles. The molecule has 0 amide bonds. The number of nitrogens with zero attached hydrogens (tertiary/aromatic N) is 6. The molecule has 1 unspecified atom stereocenters. The van der Waals surface area contributed by atoms with E-state index in [0.717, 1.165) is 63.6 Å². The van der Waals surface area contributed by atoms with E-state index in [1.807, 2.05) is 4.57 Å². The Labute approximate surface area is 212 Å². The van der Waals surface area contributed by atoms with E-state index >= 15 is 0 Å². The minimum Gasteiger partial charge on any atom is -0.480 e. The van der Waals surface area contributed by atoms with Gasteiger partial charge in [0.15, 0.2) is 17.3 Å². The molecule has 3 heterocycles. The summed E-state index contributed by atoms with van der Waals surface area (Å²) in [5.74, 6) is 2.70. The van der Waals surface area contributed by atoms with Gasteiger partial charge >= 0.3 is 0 Å². The van der Waals surface area contributed by atoms with Gasteiger partial charge in [0, 0.05) is 18.5 Å². The van der Waals surface area contributed by atoms with Crippen LogP contribution in [0.1, 0.15) is 89.8 Å². The molecule has 9 nitrogen and oxygen atoms in total. The van der Waals surface area contributed by atoms with E-state index in [9.17, 15) is 4.79 Å². The van der Waals surface area contributed by atoms with Gasteiger partial charge in [0.25, 0.3) is 5.56 Å². The van der Waals surface area contributed by atoms with Crippen molar-refractivity contribution in [2.75, 3.05) is 19.0 Å². The van der Waals surface area contributed by atoms with Crippen molar-refractivity contribution < 1.29 is 4.74 Å². The summed E-state index contributed by atoms with van der Waals surface area (Å²) in [6.07, 6.45) is 12.2. The molecule has 36 heavy (non-hydrogen) atoms. The largest absolute Gasteiger partial charge is 0.480 e. The first-order valence-electron chi connectivity index (χ1n) is 13.5. The van der Waals surface area contributed by atoms with Crippen LogP contribution in [0.3, 0.4) is 0 Å². The Bertz CT molecular complexity index is 1280. The zero-order valence-corrected chi connectivity index (χ0v) is 21.8. The molecule has 0 spiro atoms. The Morgan fingerprint density at radius 3 is 2.47 bits per heavy atom. The first kappa shape index (κ1) is 24.6. The molecule has 2 aliphatic carbocycles. The quantitative estimate of drug-likeness (QED) is 0.372. The highest BCUT2D eigenvalue weighted by atomic mass is 16.5. The highest BCUT2D eigenvalue weighted by molar-refractivity contribution is 5.76. The SMILES string of the molecule is CCCC(CCC)CNc1nc2cnc(-c3c(OC)ncnc3C3CC3)nc2n(C(C)C2CC2)c1=O. The fourth-order valence-electron chi connectivity index (χ4n) is 5.22. The van der Waals surface area contributed by atoms with Crippen LogP contribution in [0.15, 0.2) is 17.3 Å². The molecule has 2 aliphatic rings. The molecule has 0 radical (unpaired) electrons. The van der Waals surface area contributed by atoms with Gasteiger partial charge in [-0.15, -0.1) is 0 Å². The molecule has 5 rings (SSSR count). The number of hydrogen-bond donors (Lipinski definition) is 1. The number of aromatic nitrogens is 6. The maximum Gasteiger partial charge on any atom is 0.295 e. The maximum absolute atomic E-state index is 13.8. The molecule has 3 aromatic heterocycles. The summed E-state index contributed by atoms with van der Waals surface area (Å²) < 4.78 is 7.40. The lowest BCUT2D eigenvalue weighted by Crippen LogP contribution is -2.30. The average molecular weight is 492 g/mol. The predicted octanol–water partition coefficient (Wildman–Crippen LogP) is 5.13. The summed E-state index contributed by atoms with van der Waals surface area (Å²) in [6.45, 7) is 7.27. The van der Waals surface area contributed by atoms with E-state index in [1.165, 1.54) is 6.33 Å². The molecule has 1 atom stereocenters. The van der Waals surface area contributed by atoms with E-state index in [0.29, 0.717) is 52.0 Å². The lowest BCUT2D eigenvalue weighted by atomic mass is 9.98. The lowest BCUT2D eigenvalue weighted by molar-refractivity contribution is 0.397. The Morgan fingerprint density at radius 2 is 1.83 bits per heavy atom. The van der Waals surface area contributed by atoms with Crippen molar-refractivity contribution in [3.05, 3.63) is 28.6 Å². The maximum atomic E-state index is 13.8. The third-order valence-electron chi connectivity index (χ3n) is 7.52. The van der Waals surface area contributed by atoms with Gasteiger partial charge in [-0.3, -0.25) is 9.36 Å². The minimum atomic E-state index is -0.114. The normalized spacial score (nSPS) is 16.5. The minimum absolute atomic E-state index is 0.0326. The molecular weight excluding hydrogens is 454 g/mol. The predicted molar refractivity (Wildman–Crippen MR) is 140 cm³/mol.